The van der Waals surface area contributed by atoms with Gasteiger partial charge in [0.05, 0.1) is 0 Å². The van der Waals surface area contributed by atoms with Gasteiger partial charge in [0.25, 0.3) is 5.91 Å². The normalized spacial score (nSPS) is 11.6. The zero-order valence-electron chi connectivity index (χ0n) is 14.4. The number of thiocarbonyl (C=S) groups is 1. The lowest BCUT2D eigenvalue weighted by atomic mass is 9.99. The molecule has 0 bridgehead atoms. The third-order valence-electron chi connectivity index (χ3n) is 4.20. The molecule has 3 nitrogen and oxygen atoms in total. The van der Waals surface area contributed by atoms with Crippen molar-refractivity contribution < 1.29 is 4.79 Å². The van der Waals surface area contributed by atoms with E-state index in [0.717, 1.165) is 18.5 Å². The zero-order chi connectivity index (χ0) is 17.5. The van der Waals surface area contributed by atoms with Gasteiger partial charge in [0, 0.05) is 11.3 Å². The Labute approximate surface area is 149 Å². The average molecular weight is 340 g/mol. The predicted octanol–water partition coefficient (Wildman–Crippen LogP) is 4.89. The van der Waals surface area contributed by atoms with Crippen molar-refractivity contribution in [3.8, 4) is 0 Å². The summed E-state index contributed by atoms with van der Waals surface area (Å²) in [4.78, 5) is 12.2. The van der Waals surface area contributed by atoms with Crippen molar-refractivity contribution in [2.75, 3.05) is 5.32 Å². The van der Waals surface area contributed by atoms with Crippen LogP contribution in [0.2, 0.25) is 0 Å². The minimum absolute atomic E-state index is 0.202. The van der Waals surface area contributed by atoms with Crippen LogP contribution in [0.15, 0.2) is 48.5 Å². The second-order valence-corrected chi connectivity index (χ2v) is 6.30. The van der Waals surface area contributed by atoms with E-state index in [1.807, 2.05) is 36.4 Å². The number of carbonyl (C=O) groups is 1. The maximum absolute atomic E-state index is 12.2. The smallest absolute Gasteiger partial charge is 0.257 e. The van der Waals surface area contributed by atoms with Crippen LogP contribution in [0.25, 0.3) is 0 Å². The molecular formula is C20H24N2OS. The molecule has 0 spiro atoms. The van der Waals surface area contributed by atoms with E-state index < -0.39 is 0 Å². The number of nitrogens with one attached hydrogen (secondary N) is 2. The summed E-state index contributed by atoms with van der Waals surface area (Å²) in [5.74, 6) is 0.336. The lowest BCUT2D eigenvalue weighted by molar-refractivity contribution is 0.0977. The first-order valence-corrected chi connectivity index (χ1v) is 8.75. The van der Waals surface area contributed by atoms with Gasteiger partial charge in [-0.25, -0.2) is 0 Å². The van der Waals surface area contributed by atoms with Gasteiger partial charge in [-0.2, -0.15) is 0 Å². The van der Waals surface area contributed by atoms with Gasteiger partial charge in [-0.05, 0) is 66.4 Å². The molecule has 1 amide bonds. The van der Waals surface area contributed by atoms with Crippen LogP contribution in [-0.2, 0) is 6.42 Å². The fourth-order valence-corrected chi connectivity index (χ4v) is 2.57. The zero-order valence-corrected chi connectivity index (χ0v) is 15.2. The predicted molar refractivity (Wildman–Crippen MR) is 105 cm³/mol. The van der Waals surface area contributed by atoms with E-state index in [1.165, 1.54) is 11.1 Å². The highest BCUT2D eigenvalue weighted by Gasteiger charge is 2.08. The summed E-state index contributed by atoms with van der Waals surface area (Å²) in [5, 5.41) is 6.06. The second-order valence-electron chi connectivity index (χ2n) is 5.89. The van der Waals surface area contributed by atoms with Crippen molar-refractivity contribution in [3.05, 3.63) is 65.2 Å². The quantitative estimate of drug-likeness (QED) is 0.762. The highest BCUT2D eigenvalue weighted by molar-refractivity contribution is 7.80. The Bertz CT molecular complexity index is 693. The molecule has 0 radical (unpaired) electrons. The number of aryl methyl sites for hydroxylation is 1. The number of hydrogen-bond acceptors (Lipinski definition) is 2. The molecule has 4 heteroatoms. The van der Waals surface area contributed by atoms with Crippen LogP contribution >= 0.6 is 12.2 Å². The van der Waals surface area contributed by atoms with E-state index in [-0.39, 0.29) is 5.91 Å². The van der Waals surface area contributed by atoms with Gasteiger partial charge in [0.2, 0.25) is 0 Å². The largest absolute Gasteiger partial charge is 0.332 e. The lowest BCUT2D eigenvalue weighted by Crippen LogP contribution is -2.34. The van der Waals surface area contributed by atoms with Crippen molar-refractivity contribution in [3.63, 3.8) is 0 Å². The van der Waals surface area contributed by atoms with E-state index in [0.29, 0.717) is 16.6 Å². The van der Waals surface area contributed by atoms with Crippen molar-refractivity contribution >= 4 is 28.9 Å². The number of amides is 1. The monoisotopic (exact) mass is 340 g/mol. The molecule has 24 heavy (non-hydrogen) atoms. The fraction of sp³-hybridized carbons (Fsp3) is 0.300. The minimum atomic E-state index is -0.202. The molecule has 0 saturated carbocycles. The Balaban J connectivity index is 1.93. The molecule has 0 aliphatic rings. The summed E-state index contributed by atoms with van der Waals surface area (Å²) < 4.78 is 0. The maximum Gasteiger partial charge on any atom is 0.257 e. The molecule has 0 saturated heterocycles. The second kappa shape index (κ2) is 8.60. The molecule has 1 atom stereocenters. The Morgan fingerprint density at radius 1 is 1.04 bits per heavy atom. The van der Waals surface area contributed by atoms with E-state index in [2.05, 4.69) is 43.5 Å². The van der Waals surface area contributed by atoms with Gasteiger partial charge < -0.3 is 5.32 Å². The lowest BCUT2D eigenvalue weighted by Gasteiger charge is -2.12. The van der Waals surface area contributed by atoms with Crippen molar-refractivity contribution in [2.45, 2.75) is 39.5 Å². The minimum Gasteiger partial charge on any atom is -0.332 e. The average Bonchev–Trinajstić information content (AvgIpc) is 2.61. The molecule has 0 aliphatic carbocycles. The molecule has 126 valence electrons. The molecular weight excluding hydrogens is 316 g/mol. The van der Waals surface area contributed by atoms with Crippen molar-refractivity contribution in [1.29, 1.82) is 0 Å². The van der Waals surface area contributed by atoms with Crippen molar-refractivity contribution in [2.24, 2.45) is 0 Å². The summed E-state index contributed by atoms with van der Waals surface area (Å²) >= 11 is 5.23. The van der Waals surface area contributed by atoms with Gasteiger partial charge in [0.15, 0.2) is 5.11 Å². The van der Waals surface area contributed by atoms with Crippen molar-refractivity contribution in [1.82, 2.24) is 5.32 Å². The SMILES string of the molecule is CCc1ccc(C(=O)NC(=S)Nc2ccc(C(C)CC)cc2)cc1. The van der Waals surface area contributed by atoms with Gasteiger partial charge in [-0.3, -0.25) is 10.1 Å². The topological polar surface area (TPSA) is 41.1 Å². The van der Waals surface area contributed by atoms with Gasteiger partial charge in [-0.15, -0.1) is 0 Å². The first-order chi connectivity index (χ1) is 11.5. The van der Waals surface area contributed by atoms with Crippen LogP contribution in [0, 0.1) is 0 Å². The molecule has 0 aliphatic heterocycles. The fourth-order valence-electron chi connectivity index (χ4n) is 2.36. The number of anilines is 1. The van der Waals surface area contributed by atoms with E-state index in [1.54, 1.807) is 0 Å². The van der Waals surface area contributed by atoms with Crippen LogP contribution in [-0.4, -0.2) is 11.0 Å². The third-order valence-corrected chi connectivity index (χ3v) is 4.41. The summed E-state index contributed by atoms with van der Waals surface area (Å²) in [6, 6.07) is 15.7. The van der Waals surface area contributed by atoms with Gasteiger partial charge in [-0.1, -0.05) is 45.0 Å². The molecule has 2 N–H and O–H groups in total. The highest BCUT2D eigenvalue weighted by atomic mass is 32.1. The molecule has 2 aromatic rings. The molecule has 0 heterocycles. The molecule has 0 fully saturated rings. The van der Waals surface area contributed by atoms with Crippen LogP contribution in [0.1, 0.15) is 54.6 Å². The van der Waals surface area contributed by atoms with Crippen LogP contribution < -0.4 is 10.6 Å². The van der Waals surface area contributed by atoms with Crippen LogP contribution in [0.4, 0.5) is 5.69 Å². The standard InChI is InChI=1S/C20H24N2OS/c1-4-14(3)16-10-12-18(13-11-16)21-20(24)22-19(23)17-8-6-15(5-2)7-9-17/h6-14H,4-5H2,1-3H3,(H2,21,22,23,24). The Morgan fingerprint density at radius 3 is 2.21 bits per heavy atom. The van der Waals surface area contributed by atoms with Gasteiger partial charge in [0.1, 0.15) is 0 Å². The number of rotatable bonds is 5. The molecule has 1 unspecified atom stereocenters. The van der Waals surface area contributed by atoms with E-state index in [4.69, 9.17) is 12.2 Å². The van der Waals surface area contributed by atoms with E-state index >= 15 is 0 Å². The summed E-state index contributed by atoms with van der Waals surface area (Å²) in [7, 11) is 0. The van der Waals surface area contributed by atoms with E-state index in [9.17, 15) is 4.79 Å². The first kappa shape index (κ1) is 18.1. The molecule has 2 rings (SSSR count). The third kappa shape index (κ3) is 4.90. The van der Waals surface area contributed by atoms with Gasteiger partial charge >= 0.3 is 0 Å². The molecule has 2 aromatic carbocycles. The Hall–Kier alpha value is -2.20. The first-order valence-electron chi connectivity index (χ1n) is 8.34. The Morgan fingerprint density at radius 2 is 1.67 bits per heavy atom. The number of hydrogen-bond donors (Lipinski definition) is 2. The maximum atomic E-state index is 12.2. The summed E-state index contributed by atoms with van der Waals surface area (Å²) in [6.45, 7) is 6.46. The summed E-state index contributed by atoms with van der Waals surface area (Å²) in [6.07, 6.45) is 2.06. The van der Waals surface area contributed by atoms with Crippen LogP contribution in [0.5, 0.6) is 0 Å². The highest BCUT2D eigenvalue weighted by Crippen LogP contribution is 2.20. The van der Waals surface area contributed by atoms with Crippen LogP contribution in [0.3, 0.4) is 0 Å². The summed E-state index contributed by atoms with van der Waals surface area (Å²) in [5.41, 5.74) is 3.97. The number of benzene rings is 2. The molecule has 0 aromatic heterocycles. The Kier molecular flexibility index (Phi) is 6.50. The number of carbonyl (C=O) groups excluding carboxylic acids is 1.